The van der Waals surface area contributed by atoms with Gasteiger partial charge in [-0.15, -0.1) is 0 Å². The van der Waals surface area contributed by atoms with E-state index in [1.54, 1.807) is 0 Å². The topological polar surface area (TPSA) is 89.3 Å². The third-order valence-electron chi connectivity index (χ3n) is 3.12. The van der Waals surface area contributed by atoms with Gasteiger partial charge in [-0.05, 0) is 25.0 Å². The Hall–Kier alpha value is -1.47. The van der Waals surface area contributed by atoms with Crippen molar-refractivity contribution in [3.63, 3.8) is 0 Å². The van der Waals surface area contributed by atoms with Crippen LogP contribution in [-0.2, 0) is 10.8 Å². The van der Waals surface area contributed by atoms with Crippen molar-refractivity contribution in [2.24, 2.45) is 0 Å². The second kappa shape index (κ2) is 6.32. The third-order valence-corrected chi connectivity index (χ3v) is 4.74. The first-order valence-corrected chi connectivity index (χ1v) is 7.94. The Morgan fingerprint density at radius 2 is 2.05 bits per heavy atom. The summed E-state index contributed by atoms with van der Waals surface area (Å²) in [4.78, 5) is 22.4. The summed E-state index contributed by atoms with van der Waals surface area (Å²) in [6.45, 7) is 0. The molecule has 1 heterocycles. The Balaban J connectivity index is 2.14. The lowest BCUT2D eigenvalue weighted by atomic mass is 10.1. The van der Waals surface area contributed by atoms with E-state index in [2.05, 4.69) is 5.32 Å². The van der Waals surface area contributed by atoms with Crippen LogP contribution in [-0.4, -0.2) is 32.6 Å². The van der Waals surface area contributed by atoms with E-state index < -0.39 is 21.6 Å². The lowest BCUT2D eigenvalue weighted by Crippen LogP contribution is -2.39. The van der Waals surface area contributed by atoms with E-state index in [1.165, 1.54) is 18.2 Å². The summed E-state index contributed by atoms with van der Waals surface area (Å²) in [5.41, 5.74) is -0.319. The van der Waals surface area contributed by atoms with Gasteiger partial charge in [0, 0.05) is 39.4 Å². The SMILES string of the molecule is O=C(NC1CCS(=O)CC1)c1cc(Cl)ccc1[N+](=O)[O-]. The zero-order valence-corrected chi connectivity index (χ0v) is 12.1. The number of nitrogens with zero attached hydrogens (tertiary/aromatic N) is 1. The lowest BCUT2D eigenvalue weighted by Gasteiger charge is -2.22. The molecule has 1 N–H and O–H groups in total. The van der Waals surface area contributed by atoms with Gasteiger partial charge in [0.15, 0.2) is 0 Å². The molecule has 8 heteroatoms. The van der Waals surface area contributed by atoms with Gasteiger partial charge in [-0.25, -0.2) is 0 Å². The molecule has 1 aromatic rings. The van der Waals surface area contributed by atoms with Crippen LogP contribution in [0.4, 0.5) is 5.69 Å². The number of nitro groups is 1. The number of carbonyl (C=O) groups excluding carboxylic acids is 1. The van der Waals surface area contributed by atoms with Crippen molar-refractivity contribution >= 4 is 34.0 Å². The zero-order chi connectivity index (χ0) is 14.7. The molecular formula is C12H13ClN2O4S. The second-order valence-electron chi connectivity index (χ2n) is 4.51. The Bertz CT molecular complexity index is 569. The molecule has 0 bridgehead atoms. The van der Waals surface area contributed by atoms with Crippen LogP contribution in [0.25, 0.3) is 0 Å². The largest absolute Gasteiger partial charge is 0.349 e. The minimum absolute atomic E-state index is 0.0470. The first kappa shape index (κ1) is 14.9. The summed E-state index contributed by atoms with van der Waals surface area (Å²) in [5.74, 6) is 0.572. The first-order chi connectivity index (χ1) is 9.47. The van der Waals surface area contributed by atoms with Crippen molar-refractivity contribution in [3.05, 3.63) is 38.9 Å². The zero-order valence-electron chi connectivity index (χ0n) is 10.5. The highest BCUT2D eigenvalue weighted by molar-refractivity contribution is 7.85. The number of amides is 1. The minimum atomic E-state index is -0.816. The maximum absolute atomic E-state index is 12.1. The van der Waals surface area contributed by atoms with Gasteiger partial charge in [0.2, 0.25) is 0 Å². The van der Waals surface area contributed by atoms with Gasteiger partial charge < -0.3 is 5.32 Å². The molecule has 1 amide bonds. The number of hydrogen-bond donors (Lipinski definition) is 1. The van der Waals surface area contributed by atoms with Gasteiger partial charge in [-0.2, -0.15) is 0 Å². The van der Waals surface area contributed by atoms with Crippen LogP contribution in [0.3, 0.4) is 0 Å². The van der Waals surface area contributed by atoms with Crippen LogP contribution in [0, 0.1) is 10.1 Å². The van der Waals surface area contributed by atoms with E-state index in [0.717, 1.165) is 0 Å². The number of halogens is 1. The highest BCUT2D eigenvalue weighted by Crippen LogP contribution is 2.23. The van der Waals surface area contributed by atoms with E-state index in [-0.39, 0.29) is 22.3 Å². The molecule has 0 radical (unpaired) electrons. The van der Waals surface area contributed by atoms with Gasteiger partial charge in [-0.1, -0.05) is 11.6 Å². The molecule has 108 valence electrons. The molecule has 0 unspecified atom stereocenters. The summed E-state index contributed by atoms with van der Waals surface area (Å²) in [7, 11) is -0.816. The van der Waals surface area contributed by atoms with Crippen molar-refractivity contribution in [2.45, 2.75) is 18.9 Å². The number of rotatable bonds is 3. The Kier molecular flexibility index (Phi) is 4.72. The lowest BCUT2D eigenvalue weighted by molar-refractivity contribution is -0.385. The second-order valence-corrected chi connectivity index (χ2v) is 6.65. The standard InChI is InChI=1S/C12H13ClN2O4S/c13-8-1-2-11(15(17)18)10(7-8)12(16)14-9-3-5-20(19)6-4-9/h1-2,7,9H,3-6H2,(H,14,16). The average Bonchev–Trinajstić information content (AvgIpc) is 2.41. The number of nitro benzene ring substituents is 1. The van der Waals surface area contributed by atoms with E-state index >= 15 is 0 Å². The van der Waals surface area contributed by atoms with Crippen LogP contribution in [0.1, 0.15) is 23.2 Å². The van der Waals surface area contributed by atoms with Gasteiger partial charge in [0.25, 0.3) is 11.6 Å². The molecule has 6 nitrogen and oxygen atoms in total. The minimum Gasteiger partial charge on any atom is -0.349 e. The fourth-order valence-electron chi connectivity index (χ4n) is 2.05. The predicted molar refractivity (Wildman–Crippen MR) is 76.5 cm³/mol. The van der Waals surface area contributed by atoms with Crippen molar-refractivity contribution in [1.82, 2.24) is 5.32 Å². The van der Waals surface area contributed by atoms with Crippen LogP contribution in [0.5, 0.6) is 0 Å². The maximum Gasteiger partial charge on any atom is 0.282 e. The summed E-state index contributed by atoms with van der Waals surface area (Å²) in [6.07, 6.45) is 1.24. The van der Waals surface area contributed by atoms with Crippen molar-refractivity contribution < 1.29 is 13.9 Å². The van der Waals surface area contributed by atoms with E-state index in [9.17, 15) is 19.1 Å². The van der Waals surface area contributed by atoms with Gasteiger partial charge >= 0.3 is 0 Å². The quantitative estimate of drug-likeness (QED) is 0.681. The van der Waals surface area contributed by atoms with E-state index in [4.69, 9.17) is 11.6 Å². The monoisotopic (exact) mass is 316 g/mol. The van der Waals surface area contributed by atoms with Gasteiger partial charge in [0.1, 0.15) is 5.56 Å². The molecule has 20 heavy (non-hydrogen) atoms. The van der Waals surface area contributed by atoms with Crippen LogP contribution >= 0.6 is 11.6 Å². The fraction of sp³-hybridized carbons (Fsp3) is 0.417. The molecule has 1 saturated heterocycles. The highest BCUT2D eigenvalue weighted by Gasteiger charge is 2.24. The summed E-state index contributed by atoms with van der Waals surface area (Å²) < 4.78 is 11.2. The summed E-state index contributed by atoms with van der Waals surface area (Å²) in [5, 5.41) is 13.9. The van der Waals surface area contributed by atoms with Crippen LogP contribution in [0.2, 0.25) is 5.02 Å². The van der Waals surface area contributed by atoms with E-state index in [0.29, 0.717) is 24.3 Å². The van der Waals surface area contributed by atoms with Gasteiger partial charge in [-0.3, -0.25) is 19.1 Å². The Labute approximate surface area is 123 Å². The average molecular weight is 317 g/mol. The van der Waals surface area contributed by atoms with Crippen molar-refractivity contribution in [3.8, 4) is 0 Å². The predicted octanol–water partition coefficient (Wildman–Crippen LogP) is 1.89. The summed E-state index contributed by atoms with van der Waals surface area (Å²) in [6, 6.07) is 3.78. The molecule has 0 aromatic heterocycles. The normalized spacial score (nSPS) is 22.2. The third kappa shape index (κ3) is 3.55. The number of hydrogen-bond acceptors (Lipinski definition) is 4. The molecular weight excluding hydrogens is 304 g/mol. The van der Waals surface area contributed by atoms with E-state index in [1.807, 2.05) is 0 Å². The van der Waals surface area contributed by atoms with Crippen LogP contribution < -0.4 is 5.32 Å². The molecule has 0 aliphatic carbocycles. The molecule has 2 rings (SSSR count). The van der Waals surface area contributed by atoms with Crippen molar-refractivity contribution in [1.29, 1.82) is 0 Å². The molecule has 0 atom stereocenters. The van der Waals surface area contributed by atoms with Gasteiger partial charge in [0.05, 0.1) is 4.92 Å². The summed E-state index contributed by atoms with van der Waals surface area (Å²) >= 11 is 5.78. The fourth-order valence-corrected chi connectivity index (χ4v) is 3.52. The number of nitrogens with one attached hydrogen (secondary N) is 1. The van der Waals surface area contributed by atoms with Crippen LogP contribution in [0.15, 0.2) is 18.2 Å². The number of carbonyl (C=O) groups is 1. The number of benzene rings is 1. The molecule has 1 aromatic carbocycles. The maximum atomic E-state index is 12.1. The Morgan fingerprint density at radius 1 is 1.40 bits per heavy atom. The molecule has 1 fully saturated rings. The molecule has 1 aliphatic rings. The molecule has 0 spiro atoms. The Morgan fingerprint density at radius 3 is 2.65 bits per heavy atom. The smallest absolute Gasteiger partial charge is 0.282 e. The molecule has 1 aliphatic heterocycles. The molecule has 0 saturated carbocycles. The highest BCUT2D eigenvalue weighted by atomic mass is 35.5. The first-order valence-electron chi connectivity index (χ1n) is 6.07. The van der Waals surface area contributed by atoms with Crippen molar-refractivity contribution in [2.75, 3.05) is 11.5 Å².